The molecule has 29 heavy (non-hydrogen) atoms. The lowest BCUT2D eigenvalue weighted by atomic mass is 10.1. The Balaban J connectivity index is 1.53. The summed E-state index contributed by atoms with van der Waals surface area (Å²) in [5, 5.41) is 11.3. The van der Waals surface area contributed by atoms with Crippen LogP contribution in [0.25, 0.3) is 17.0 Å². The van der Waals surface area contributed by atoms with Crippen LogP contribution in [-0.4, -0.2) is 52.0 Å². The highest BCUT2D eigenvalue weighted by molar-refractivity contribution is 5.65. The average Bonchev–Trinajstić information content (AvgIpc) is 3.50. The number of methoxy groups -OCH3 is 1. The SMILES string of the molecule is COc1cc2ncc(-c3nc(N[C@H]4CNCC[C@@H]4F)ccc3C)n2nc1C1CC1. The van der Waals surface area contributed by atoms with E-state index in [1.165, 1.54) is 0 Å². The van der Waals surface area contributed by atoms with Crippen LogP contribution < -0.4 is 15.4 Å². The van der Waals surface area contributed by atoms with E-state index >= 15 is 0 Å². The molecule has 152 valence electrons. The van der Waals surface area contributed by atoms with Gasteiger partial charge in [-0.1, -0.05) is 6.07 Å². The van der Waals surface area contributed by atoms with Crippen molar-refractivity contribution in [3.8, 4) is 17.1 Å². The van der Waals surface area contributed by atoms with Gasteiger partial charge in [0, 0.05) is 18.5 Å². The molecule has 2 N–H and O–H groups in total. The quantitative estimate of drug-likeness (QED) is 0.690. The number of imidazole rings is 1. The molecule has 7 nitrogen and oxygen atoms in total. The monoisotopic (exact) mass is 396 g/mol. The highest BCUT2D eigenvalue weighted by Gasteiger charge is 2.30. The minimum atomic E-state index is -0.881. The molecule has 1 aliphatic carbocycles. The molecule has 0 radical (unpaired) electrons. The maximum atomic E-state index is 14.2. The Labute approximate surface area is 168 Å². The fourth-order valence-corrected chi connectivity index (χ4v) is 3.90. The molecule has 0 aromatic carbocycles. The number of hydrogen-bond donors (Lipinski definition) is 2. The predicted octanol–water partition coefficient (Wildman–Crippen LogP) is 3.10. The second kappa shape index (κ2) is 7.26. The Hall–Kier alpha value is -2.74. The summed E-state index contributed by atoms with van der Waals surface area (Å²) in [6, 6.07) is 5.55. The average molecular weight is 396 g/mol. The molecule has 0 bridgehead atoms. The first kappa shape index (κ1) is 18.3. The van der Waals surface area contributed by atoms with Gasteiger partial charge in [0.15, 0.2) is 5.65 Å². The van der Waals surface area contributed by atoms with E-state index in [1.807, 2.05) is 29.6 Å². The zero-order valence-electron chi connectivity index (χ0n) is 16.7. The molecular formula is C21H25FN6O. The van der Waals surface area contributed by atoms with Crippen molar-refractivity contribution in [1.82, 2.24) is 24.9 Å². The number of pyridine rings is 1. The zero-order valence-corrected chi connectivity index (χ0v) is 16.7. The molecule has 1 aliphatic heterocycles. The van der Waals surface area contributed by atoms with E-state index in [0.717, 1.165) is 46.9 Å². The van der Waals surface area contributed by atoms with E-state index in [2.05, 4.69) is 15.6 Å². The highest BCUT2D eigenvalue weighted by Crippen LogP contribution is 2.43. The van der Waals surface area contributed by atoms with E-state index in [4.69, 9.17) is 14.8 Å². The van der Waals surface area contributed by atoms with Gasteiger partial charge in [-0.05, 0) is 44.4 Å². The van der Waals surface area contributed by atoms with Crippen LogP contribution in [0.5, 0.6) is 5.75 Å². The van der Waals surface area contributed by atoms with Crippen LogP contribution in [0.15, 0.2) is 24.4 Å². The first-order valence-corrected chi connectivity index (χ1v) is 10.2. The Morgan fingerprint density at radius 2 is 2.14 bits per heavy atom. The van der Waals surface area contributed by atoms with E-state index in [9.17, 15) is 4.39 Å². The molecule has 4 heterocycles. The summed E-state index contributed by atoms with van der Waals surface area (Å²) in [6.45, 7) is 3.32. The van der Waals surface area contributed by atoms with Gasteiger partial charge in [0.05, 0.1) is 25.0 Å². The summed E-state index contributed by atoms with van der Waals surface area (Å²) >= 11 is 0. The van der Waals surface area contributed by atoms with Gasteiger partial charge in [0.25, 0.3) is 0 Å². The molecule has 0 amide bonds. The second-order valence-electron chi connectivity index (χ2n) is 7.91. The molecule has 0 unspecified atom stereocenters. The third-order valence-electron chi connectivity index (χ3n) is 5.74. The van der Waals surface area contributed by atoms with Gasteiger partial charge < -0.3 is 15.4 Å². The van der Waals surface area contributed by atoms with E-state index in [0.29, 0.717) is 31.2 Å². The van der Waals surface area contributed by atoms with Crippen molar-refractivity contribution < 1.29 is 9.13 Å². The second-order valence-corrected chi connectivity index (χ2v) is 7.91. The molecule has 8 heteroatoms. The summed E-state index contributed by atoms with van der Waals surface area (Å²) in [7, 11) is 1.67. The molecular weight excluding hydrogens is 371 g/mol. The van der Waals surface area contributed by atoms with Crippen LogP contribution in [0.3, 0.4) is 0 Å². The van der Waals surface area contributed by atoms with Gasteiger partial charge in [0.2, 0.25) is 0 Å². The predicted molar refractivity (Wildman–Crippen MR) is 109 cm³/mol. The maximum absolute atomic E-state index is 14.2. The Kier molecular flexibility index (Phi) is 4.58. The molecule has 2 aliphatic rings. The summed E-state index contributed by atoms with van der Waals surface area (Å²) < 4.78 is 21.6. The number of nitrogens with one attached hydrogen (secondary N) is 2. The number of aromatic nitrogens is 4. The molecule has 2 fully saturated rings. The standard InChI is InChI=1S/C21H25FN6O/c1-12-3-6-18(25-15-10-23-8-7-14(15)22)26-20(12)16-11-24-19-9-17(29-2)21(13-4-5-13)27-28(16)19/h3,6,9,11,13-15,23H,4-5,7-8,10H2,1-2H3,(H,25,26)/t14-,15-/m0/s1. The minimum Gasteiger partial charge on any atom is -0.495 e. The molecule has 3 aromatic rings. The zero-order chi connectivity index (χ0) is 20.0. The number of anilines is 1. The fourth-order valence-electron chi connectivity index (χ4n) is 3.90. The Bertz CT molecular complexity index is 1050. The van der Waals surface area contributed by atoms with Gasteiger partial charge in [-0.15, -0.1) is 0 Å². The van der Waals surface area contributed by atoms with Gasteiger partial charge in [-0.2, -0.15) is 5.10 Å². The smallest absolute Gasteiger partial charge is 0.157 e. The molecule has 1 saturated heterocycles. The van der Waals surface area contributed by atoms with Crippen LogP contribution in [0.2, 0.25) is 0 Å². The number of halogens is 1. The topological polar surface area (TPSA) is 76.4 Å². The van der Waals surface area contributed by atoms with E-state index in [1.54, 1.807) is 13.3 Å². The Morgan fingerprint density at radius 1 is 1.28 bits per heavy atom. The number of hydrogen-bond acceptors (Lipinski definition) is 6. The van der Waals surface area contributed by atoms with Crippen molar-refractivity contribution in [3.63, 3.8) is 0 Å². The number of aryl methyl sites for hydroxylation is 1. The maximum Gasteiger partial charge on any atom is 0.157 e. The van der Waals surface area contributed by atoms with Crippen LogP contribution in [0.4, 0.5) is 10.2 Å². The van der Waals surface area contributed by atoms with Crippen molar-refractivity contribution in [3.05, 3.63) is 35.7 Å². The van der Waals surface area contributed by atoms with Crippen molar-refractivity contribution in [2.75, 3.05) is 25.5 Å². The summed E-state index contributed by atoms with van der Waals surface area (Å²) in [5.41, 5.74) is 4.33. The van der Waals surface area contributed by atoms with Crippen molar-refractivity contribution in [2.45, 2.75) is 44.3 Å². The number of piperidine rings is 1. The number of fused-ring (bicyclic) bond motifs is 1. The lowest BCUT2D eigenvalue weighted by Crippen LogP contribution is -2.46. The molecule has 2 atom stereocenters. The van der Waals surface area contributed by atoms with Crippen LogP contribution in [-0.2, 0) is 0 Å². The minimum absolute atomic E-state index is 0.280. The Morgan fingerprint density at radius 3 is 2.90 bits per heavy atom. The van der Waals surface area contributed by atoms with E-state index < -0.39 is 6.17 Å². The number of nitrogens with zero attached hydrogens (tertiary/aromatic N) is 4. The van der Waals surface area contributed by atoms with Crippen molar-refractivity contribution >= 4 is 11.5 Å². The third-order valence-corrected chi connectivity index (χ3v) is 5.74. The lowest BCUT2D eigenvalue weighted by Gasteiger charge is -2.28. The fraction of sp³-hybridized carbons (Fsp3) is 0.476. The number of alkyl halides is 1. The first-order chi connectivity index (χ1) is 14.1. The van der Waals surface area contributed by atoms with Crippen molar-refractivity contribution in [2.24, 2.45) is 0 Å². The van der Waals surface area contributed by atoms with Gasteiger partial charge in [-0.3, -0.25) is 0 Å². The highest BCUT2D eigenvalue weighted by atomic mass is 19.1. The summed E-state index contributed by atoms with van der Waals surface area (Å²) in [4.78, 5) is 9.30. The number of ether oxygens (including phenoxy) is 1. The third kappa shape index (κ3) is 3.42. The summed E-state index contributed by atoms with van der Waals surface area (Å²) in [6.07, 6.45) is 3.69. The van der Waals surface area contributed by atoms with Crippen molar-refractivity contribution in [1.29, 1.82) is 0 Å². The van der Waals surface area contributed by atoms with Gasteiger partial charge >= 0.3 is 0 Å². The first-order valence-electron chi connectivity index (χ1n) is 10.2. The van der Waals surface area contributed by atoms with Crippen LogP contribution in [0, 0.1) is 6.92 Å². The largest absolute Gasteiger partial charge is 0.495 e. The van der Waals surface area contributed by atoms with Crippen LogP contribution >= 0.6 is 0 Å². The summed E-state index contributed by atoms with van der Waals surface area (Å²) in [5.74, 6) is 1.90. The van der Waals surface area contributed by atoms with E-state index in [-0.39, 0.29) is 6.04 Å². The van der Waals surface area contributed by atoms with Crippen LogP contribution in [0.1, 0.15) is 36.4 Å². The molecule has 3 aromatic heterocycles. The lowest BCUT2D eigenvalue weighted by molar-refractivity contribution is 0.241. The molecule has 0 spiro atoms. The van der Waals surface area contributed by atoms with Gasteiger partial charge in [-0.25, -0.2) is 18.9 Å². The number of rotatable bonds is 5. The van der Waals surface area contributed by atoms with Gasteiger partial charge in [0.1, 0.15) is 29.1 Å². The molecule has 5 rings (SSSR count). The molecule has 1 saturated carbocycles. The normalized spacial score (nSPS) is 22.0.